The van der Waals surface area contributed by atoms with Gasteiger partial charge in [0, 0.05) is 18.8 Å². The fraction of sp³-hybridized carbons (Fsp3) is 0.462. The fourth-order valence-corrected chi connectivity index (χ4v) is 2.97. The third-order valence-electron chi connectivity index (χ3n) is 3.07. The van der Waals surface area contributed by atoms with Gasteiger partial charge < -0.3 is 10.3 Å². The molecule has 5 heteroatoms. The van der Waals surface area contributed by atoms with Crippen LogP contribution in [0.3, 0.4) is 0 Å². The first kappa shape index (κ1) is 13.2. The lowest BCUT2D eigenvalue weighted by Gasteiger charge is -2.21. The van der Waals surface area contributed by atoms with E-state index in [1.807, 2.05) is 41.8 Å². The van der Waals surface area contributed by atoms with Crippen LogP contribution in [0.5, 0.6) is 0 Å². The predicted octanol–water partition coefficient (Wildman–Crippen LogP) is 1.86. The van der Waals surface area contributed by atoms with Gasteiger partial charge in [-0.1, -0.05) is 11.6 Å². The van der Waals surface area contributed by atoms with E-state index in [1.54, 1.807) is 0 Å². The number of benzene rings is 1. The molecule has 0 saturated carbocycles. The number of anilines is 1. The van der Waals surface area contributed by atoms with Gasteiger partial charge in [-0.25, -0.2) is 0 Å². The summed E-state index contributed by atoms with van der Waals surface area (Å²) in [5, 5.41) is 0. The Hall–Kier alpha value is -1.20. The number of nitrogens with zero attached hydrogens (tertiary/aromatic N) is 1. The molecule has 18 heavy (non-hydrogen) atoms. The number of carbonyl (C=O) groups is 1. The van der Waals surface area contributed by atoms with Gasteiger partial charge in [-0.15, -0.1) is 0 Å². The van der Waals surface area contributed by atoms with Crippen molar-refractivity contribution in [2.45, 2.75) is 13.3 Å². The monoisotopic (exact) mass is 265 g/mol. The van der Waals surface area contributed by atoms with E-state index in [4.69, 9.17) is 5.84 Å². The van der Waals surface area contributed by atoms with Crippen molar-refractivity contribution in [2.75, 3.05) is 30.0 Å². The molecular weight excluding hydrogens is 246 g/mol. The van der Waals surface area contributed by atoms with Crippen LogP contribution in [0.25, 0.3) is 0 Å². The number of carbonyl (C=O) groups excluding carboxylic acids is 1. The van der Waals surface area contributed by atoms with Crippen LogP contribution in [0.4, 0.5) is 5.69 Å². The van der Waals surface area contributed by atoms with Crippen LogP contribution in [0.15, 0.2) is 18.2 Å². The Kier molecular flexibility index (Phi) is 4.49. The van der Waals surface area contributed by atoms with Crippen LogP contribution < -0.4 is 11.3 Å². The van der Waals surface area contributed by atoms with Crippen LogP contribution in [0.2, 0.25) is 0 Å². The molecule has 0 aliphatic carbocycles. The Balaban J connectivity index is 2.23. The highest BCUT2D eigenvalue weighted by atomic mass is 32.2. The summed E-state index contributed by atoms with van der Waals surface area (Å²) >= 11 is 1.91. The summed E-state index contributed by atoms with van der Waals surface area (Å²) in [7, 11) is 0. The summed E-state index contributed by atoms with van der Waals surface area (Å²) in [4.78, 5) is 14.4. The number of rotatable bonds is 2. The van der Waals surface area contributed by atoms with Crippen LogP contribution in [-0.2, 0) is 0 Å². The number of nitrogens with one attached hydrogen (secondary N) is 1. The van der Waals surface area contributed by atoms with Gasteiger partial charge in [0.15, 0.2) is 0 Å². The molecule has 1 heterocycles. The van der Waals surface area contributed by atoms with E-state index in [0.29, 0.717) is 11.3 Å². The smallest absolute Gasteiger partial charge is 0.256 e. The van der Waals surface area contributed by atoms with E-state index in [-0.39, 0.29) is 5.91 Å². The molecule has 0 bridgehead atoms. The topological polar surface area (TPSA) is 58.4 Å². The molecule has 1 aromatic carbocycles. The van der Waals surface area contributed by atoms with E-state index >= 15 is 0 Å². The highest BCUT2D eigenvalue weighted by Crippen LogP contribution is 2.20. The minimum atomic E-state index is 0.0779. The van der Waals surface area contributed by atoms with Crippen molar-refractivity contribution in [1.29, 1.82) is 0 Å². The Morgan fingerprint density at radius 2 is 2.22 bits per heavy atom. The van der Waals surface area contributed by atoms with Crippen molar-refractivity contribution in [3.05, 3.63) is 29.3 Å². The minimum Gasteiger partial charge on any atom is -0.338 e. The summed E-state index contributed by atoms with van der Waals surface area (Å²) in [6.07, 6.45) is 1.06. The number of thioether (sulfide) groups is 1. The highest BCUT2D eigenvalue weighted by Gasteiger charge is 2.19. The third kappa shape index (κ3) is 2.97. The Bertz CT molecular complexity index is 428. The van der Waals surface area contributed by atoms with E-state index < -0.39 is 0 Å². The number of hydrazine groups is 1. The Morgan fingerprint density at radius 3 is 3.00 bits per heavy atom. The van der Waals surface area contributed by atoms with Gasteiger partial charge in [0.25, 0.3) is 5.91 Å². The largest absolute Gasteiger partial charge is 0.338 e. The molecule has 0 unspecified atom stereocenters. The van der Waals surface area contributed by atoms with Gasteiger partial charge in [-0.05, 0) is 31.2 Å². The molecular formula is C13H19N3OS. The molecule has 1 aliphatic heterocycles. The minimum absolute atomic E-state index is 0.0779. The molecule has 0 aromatic heterocycles. The second-order valence-corrected chi connectivity index (χ2v) is 5.68. The summed E-state index contributed by atoms with van der Waals surface area (Å²) in [5.74, 6) is 7.71. The molecule has 98 valence electrons. The van der Waals surface area contributed by atoms with Crippen LogP contribution >= 0.6 is 11.8 Å². The quantitative estimate of drug-likeness (QED) is 0.633. The molecule has 4 nitrogen and oxygen atoms in total. The summed E-state index contributed by atoms with van der Waals surface area (Å²) < 4.78 is 0. The summed E-state index contributed by atoms with van der Waals surface area (Å²) in [5.41, 5.74) is 5.04. The normalized spacial score (nSPS) is 16.2. The maximum absolute atomic E-state index is 12.5. The average molecular weight is 265 g/mol. The van der Waals surface area contributed by atoms with Crippen LogP contribution in [0, 0.1) is 6.92 Å². The first-order valence-electron chi connectivity index (χ1n) is 6.16. The van der Waals surface area contributed by atoms with Crippen molar-refractivity contribution in [3.63, 3.8) is 0 Å². The van der Waals surface area contributed by atoms with Crippen molar-refractivity contribution >= 4 is 23.4 Å². The zero-order chi connectivity index (χ0) is 13.0. The van der Waals surface area contributed by atoms with Gasteiger partial charge >= 0.3 is 0 Å². The Labute approximate surface area is 112 Å². The van der Waals surface area contributed by atoms with Crippen LogP contribution in [0.1, 0.15) is 22.3 Å². The second kappa shape index (κ2) is 6.11. The van der Waals surface area contributed by atoms with Gasteiger partial charge in [-0.2, -0.15) is 11.8 Å². The lowest BCUT2D eigenvalue weighted by Crippen LogP contribution is -2.33. The SMILES string of the molecule is Cc1ccc(NN)c(C(=O)N2CCCSCC2)c1. The molecule has 1 aromatic rings. The molecule has 1 fully saturated rings. The van der Waals surface area contributed by atoms with Crippen molar-refractivity contribution in [2.24, 2.45) is 5.84 Å². The number of hydrogen-bond acceptors (Lipinski definition) is 4. The van der Waals surface area contributed by atoms with Crippen molar-refractivity contribution in [3.8, 4) is 0 Å². The second-order valence-electron chi connectivity index (χ2n) is 4.45. The average Bonchev–Trinajstić information content (AvgIpc) is 2.66. The van der Waals surface area contributed by atoms with Crippen molar-refractivity contribution in [1.82, 2.24) is 4.90 Å². The summed E-state index contributed by atoms with van der Waals surface area (Å²) in [6.45, 7) is 3.64. The van der Waals surface area contributed by atoms with Gasteiger partial charge in [-0.3, -0.25) is 10.6 Å². The van der Waals surface area contributed by atoms with Gasteiger partial charge in [0.05, 0.1) is 11.3 Å². The number of aryl methyl sites for hydroxylation is 1. The zero-order valence-corrected chi connectivity index (χ0v) is 11.4. The molecule has 1 amide bonds. The zero-order valence-electron chi connectivity index (χ0n) is 10.6. The maximum Gasteiger partial charge on any atom is 0.256 e. The number of nitrogen functional groups attached to an aromatic ring is 1. The Morgan fingerprint density at radius 1 is 1.39 bits per heavy atom. The molecule has 1 aliphatic rings. The van der Waals surface area contributed by atoms with Crippen molar-refractivity contribution < 1.29 is 4.79 Å². The fourth-order valence-electron chi connectivity index (χ4n) is 2.08. The number of hydrogen-bond donors (Lipinski definition) is 2. The van der Waals surface area contributed by atoms with E-state index in [2.05, 4.69) is 5.43 Å². The molecule has 3 N–H and O–H groups in total. The van der Waals surface area contributed by atoms with E-state index in [9.17, 15) is 4.79 Å². The van der Waals surface area contributed by atoms with Crippen LogP contribution in [-0.4, -0.2) is 35.4 Å². The lowest BCUT2D eigenvalue weighted by molar-refractivity contribution is 0.0769. The number of nitrogens with two attached hydrogens (primary N) is 1. The van der Waals surface area contributed by atoms with E-state index in [0.717, 1.165) is 36.6 Å². The molecule has 0 atom stereocenters. The molecule has 2 rings (SSSR count). The molecule has 1 saturated heterocycles. The highest BCUT2D eigenvalue weighted by molar-refractivity contribution is 7.99. The molecule has 0 spiro atoms. The maximum atomic E-state index is 12.5. The summed E-state index contributed by atoms with van der Waals surface area (Å²) in [6, 6.07) is 5.70. The first-order chi connectivity index (χ1) is 8.72. The van der Waals surface area contributed by atoms with Gasteiger partial charge in [0.1, 0.15) is 0 Å². The standard InChI is InChI=1S/C13H19N3OS/c1-10-3-4-12(15-14)11(9-10)13(17)16-5-2-7-18-8-6-16/h3-4,9,15H,2,5-8,14H2,1H3. The molecule has 0 radical (unpaired) electrons. The first-order valence-corrected chi connectivity index (χ1v) is 7.32. The third-order valence-corrected chi connectivity index (χ3v) is 4.12. The lowest BCUT2D eigenvalue weighted by atomic mass is 10.1. The number of amides is 1. The van der Waals surface area contributed by atoms with E-state index in [1.165, 1.54) is 0 Å². The predicted molar refractivity (Wildman–Crippen MR) is 76.8 cm³/mol. The van der Waals surface area contributed by atoms with Gasteiger partial charge in [0.2, 0.25) is 0 Å².